The standard InChI is InChI=1S/C18H22N4O/c23-18(20-12-17-10-11-19-13-21-17)22-16-8-6-15(7-9-16)14-4-2-1-3-5-14/h6-11,13-14H,1-5,12H2,(H2,20,22,23). The fourth-order valence-electron chi connectivity index (χ4n) is 3.04. The first-order valence-corrected chi connectivity index (χ1v) is 8.21. The van der Waals surface area contributed by atoms with E-state index in [2.05, 4.69) is 32.7 Å². The molecular formula is C18H22N4O. The van der Waals surface area contributed by atoms with Crippen LogP contribution in [0.1, 0.15) is 49.3 Å². The topological polar surface area (TPSA) is 66.9 Å². The number of nitrogens with zero attached hydrogens (tertiary/aromatic N) is 2. The molecule has 1 saturated carbocycles. The van der Waals surface area contributed by atoms with E-state index in [4.69, 9.17) is 0 Å². The molecular weight excluding hydrogens is 288 g/mol. The molecule has 2 aromatic rings. The number of rotatable bonds is 4. The molecule has 1 aliphatic carbocycles. The maximum atomic E-state index is 11.9. The largest absolute Gasteiger partial charge is 0.332 e. The van der Waals surface area contributed by atoms with Crippen LogP contribution in [0.3, 0.4) is 0 Å². The number of amides is 2. The van der Waals surface area contributed by atoms with Crippen LogP contribution < -0.4 is 10.6 Å². The van der Waals surface area contributed by atoms with Gasteiger partial charge in [0.15, 0.2) is 0 Å². The van der Waals surface area contributed by atoms with E-state index in [1.54, 1.807) is 12.3 Å². The highest BCUT2D eigenvalue weighted by Gasteiger charge is 2.15. The molecule has 23 heavy (non-hydrogen) atoms. The summed E-state index contributed by atoms with van der Waals surface area (Å²) in [6.45, 7) is 0.383. The van der Waals surface area contributed by atoms with E-state index in [1.165, 1.54) is 44.0 Å². The minimum atomic E-state index is -0.228. The van der Waals surface area contributed by atoms with Gasteiger partial charge >= 0.3 is 6.03 Å². The van der Waals surface area contributed by atoms with Crippen molar-refractivity contribution in [3.05, 3.63) is 54.1 Å². The van der Waals surface area contributed by atoms with Crippen molar-refractivity contribution in [3.63, 3.8) is 0 Å². The Kier molecular flexibility index (Phi) is 5.19. The fourth-order valence-corrected chi connectivity index (χ4v) is 3.04. The minimum Gasteiger partial charge on any atom is -0.332 e. The molecule has 120 valence electrons. The molecule has 1 fully saturated rings. The van der Waals surface area contributed by atoms with Crippen LogP contribution in [0.4, 0.5) is 10.5 Å². The number of hydrogen-bond acceptors (Lipinski definition) is 3. The molecule has 1 aromatic heterocycles. The Morgan fingerprint density at radius 2 is 1.87 bits per heavy atom. The molecule has 2 N–H and O–H groups in total. The molecule has 0 aliphatic heterocycles. The first-order valence-electron chi connectivity index (χ1n) is 8.21. The summed E-state index contributed by atoms with van der Waals surface area (Å²) in [6, 6.07) is 9.78. The number of urea groups is 1. The number of hydrogen-bond donors (Lipinski definition) is 2. The third-order valence-corrected chi connectivity index (χ3v) is 4.32. The van der Waals surface area contributed by atoms with Gasteiger partial charge in [-0.2, -0.15) is 0 Å². The Hall–Kier alpha value is -2.43. The summed E-state index contributed by atoms with van der Waals surface area (Å²) in [7, 11) is 0. The Bertz CT molecular complexity index is 621. The number of carbonyl (C=O) groups excluding carboxylic acids is 1. The maximum absolute atomic E-state index is 11.9. The normalized spacial score (nSPS) is 15.1. The number of benzene rings is 1. The fraction of sp³-hybridized carbons (Fsp3) is 0.389. The van der Waals surface area contributed by atoms with Gasteiger partial charge in [0.2, 0.25) is 0 Å². The number of anilines is 1. The molecule has 0 saturated heterocycles. The summed E-state index contributed by atoms with van der Waals surface area (Å²) in [6.07, 6.45) is 9.72. The second kappa shape index (κ2) is 7.72. The first-order chi connectivity index (χ1) is 11.3. The molecule has 1 aromatic carbocycles. The average Bonchev–Trinajstić information content (AvgIpc) is 2.62. The predicted octanol–water partition coefficient (Wildman–Crippen LogP) is 3.85. The highest BCUT2D eigenvalue weighted by Crippen LogP contribution is 2.32. The monoisotopic (exact) mass is 310 g/mol. The lowest BCUT2D eigenvalue weighted by molar-refractivity contribution is 0.251. The van der Waals surface area contributed by atoms with Gasteiger partial charge in [-0.3, -0.25) is 0 Å². The summed E-state index contributed by atoms with van der Waals surface area (Å²) in [4.78, 5) is 19.8. The van der Waals surface area contributed by atoms with Crippen molar-refractivity contribution < 1.29 is 4.79 Å². The van der Waals surface area contributed by atoms with Crippen LogP contribution in [0.15, 0.2) is 42.9 Å². The second-order valence-corrected chi connectivity index (χ2v) is 5.97. The van der Waals surface area contributed by atoms with E-state index in [1.807, 2.05) is 12.1 Å². The van der Waals surface area contributed by atoms with Crippen LogP contribution >= 0.6 is 0 Å². The summed E-state index contributed by atoms with van der Waals surface area (Å²) in [5.41, 5.74) is 2.98. The predicted molar refractivity (Wildman–Crippen MR) is 90.2 cm³/mol. The van der Waals surface area contributed by atoms with Gasteiger partial charge in [0.05, 0.1) is 12.2 Å². The SMILES string of the molecule is O=C(NCc1ccncn1)Nc1ccc(C2CCCCC2)cc1. The van der Waals surface area contributed by atoms with Crippen molar-refractivity contribution in [3.8, 4) is 0 Å². The summed E-state index contributed by atoms with van der Waals surface area (Å²) < 4.78 is 0. The highest BCUT2D eigenvalue weighted by molar-refractivity contribution is 5.89. The zero-order valence-corrected chi connectivity index (χ0v) is 13.2. The minimum absolute atomic E-state index is 0.228. The van der Waals surface area contributed by atoms with Crippen LogP contribution in [0.2, 0.25) is 0 Å². The van der Waals surface area contributed by atoms with Crippen LogP contribution in [-0.4, -0.2) is 16.0 Å². The van der Waals surface area contributed by atoms with E-state index >= 15 is 0 Å². The van der Waals surface area contributed by atoms with E-state index in [-0.39, 0.29) is 6.03 Å². The van der Waals surface area contributed by atoms with Gasteiger partial charge in [-0.15, -0.1) is 0 Å². The molecule has 0 radical (unpaired) electrons. The van der Waals surface area contributed by atoms with Crippen molar-refractivity contribution in [2.24, 2.45) is 0 Å². The molecule has 2 amide bonds. The van der Waals surface area contributed by atoms with Crippen molar-refractivity contribution in [1.82, 2.24) is 15.3 Å². The van der Waals surface area contributed by atoms with Crippen LogP contribution in [0.25, 0.3) is 0 Å². The summed E-state index contributed by atoms with van der Waals surface area (Å²) in [5, 5.41) is 5.63. The van der Waals surface area contributed by atoms with E-state index in [0.29, 0.717) is 12.5 Å². The van der Waals surface area contributed by atoms with Gasteiger partial charge in [-0.1, -0.05) is 31.4 Å². The van der Waals surface area contributed by atoms with Gasteiger partial charge in [-0.05, 0) is 42.5 Å². The van der Waals surface area contributed by atoms with Crippen LogP contribution in [0, 0.1) is 0 Å². The Labute approximate surface area is 136 Å². The molecule has 1 heterocycles. The highest BCUT2D eigenvalue weighted by atomic mass is 16.2. The third-order valence-electron chi connectivity index (χ3n) is 4.32. The Morgan fingerprint density at radius 1 is 1.09 bits per heavy atom. The van der Waals surface area contributed by atoms with Crippen LogP contribution in [0.5, 0.6) is 0 Å². The maximum Gasteiger partial charge on any atom is 0.319 e. The summed E-state index contributed by atoms with van der Waals surface area (Å²) in [5.74, 6) is 0.685. The molecule has 0 bridgehead atoms. The number of carbonyl (C=O) groups is 1. The Morgan fingerprint density at radius 3 is 2.57 bits per heavy atom. The molecule has 5 nitrogen and oxygen atoms in total. The molecule has 5 heteroatoms. The van der Waals surface area contributed by atoms with Gasteiger partial charge < -0.3 is 10.6 Å². The quantitative estimate of drug-likeness (QED) is 0.901. The van der Waals surface area contributed by atoms with Crippen molar-refractivity contribution in [2.45, 2.75) is 44.6 Å². The number of aromatic nitrogens is 2. The van der Waals surface area contributed by atoms with Gasteiger partial charge in [-0.25, -0.2) is 14.8 Å². The van der Waals surface area contributed by atoms with Crippen molar-refractivity contribution in [1.29, 1.82) is 0 Å². The molecule has 0 atom stereocenters. The van der Waals surface area contributed by atoms with E-state index in [0.717, 1.165) is 11.4 Å². The summed E-state index contributed by atoms with van der Waals surface area (Å²) >= 11 is 0. The zero-order chi connectivity index (χ0) is 15.9. The van der Waals surface area contributed by atoms with Crippen LogP contribution in [-0.2, 0) is 6.54 Å². The number of nitrogens with one attached hydrogen (secondary N) is 2. The van der Waals surface area contributed by atoms with Gasteiger partial charge in [0.25, 0.3) is 0 Å². The second-order valence-electron chi connectivity index (χ2n) is 5.97. The van der Waals surface area contributed by atoms with Gasteiger partial charge in [0.1, 0.15) is 6.33 Å². The molecule has 3 rings (SSSR count). The zero-order valence-electron chi connectivity index (χ0n) is 13.2. The lowest BCUT2D eigenvalue weighted by Gasteiger charge is -2.22. The molecule has 0 spiro atoms. The van der Waals surface area contributed by atoms with Gasteiger partial charge in [0, 0.05) is 11.9 Å². The molecule has 1 aliphatic rings. The lowest BCUT2D eigenvalue weighted by Crippen LogP contribution is -2.28. The lowest BCUT2D eigenvalue weighted by atomic mass is 9.84. The van der Waals surface area contributed by atoms with E-state index in [9.17, 15) is 4.79 Å². The van der Waals surface area contributed by atoms with E-state index < -0.39 is 0 Å². The molecule has 0 unspecified atom stereocenters. The van der Waals surface area contributed by atoms with Crippen molar-refractivity contribution in [2.75, 3.05) is 5.32 Å². The average molecular weight is 310 g/mol. The Balaban J connectivity index is 1.50. The smallest absolute Gasteiger partial charge is 0.319 e. The van der Waals surface area contributed by atoms with Crippen molar-refractivity contribution >= 4 is 11.7 Å². The first kappa shape index (κ1) is 15.5. The third kappa shape index (κ3) is 4.52.